The molecule has 6 rings (SSSR count). The Kier molecular flexibility index (Phi) is 7.73. The van der Waals surface area contributed by atoms with Crippen molar-refractivity contribution in [2.75, 3.05) is 0 Å². The summed E-state index contributed by atoms with van der Waals surface area (Å²) in [5, 5.41) is 2.08. The molecule has 4 nitrogen and oxygen atoms in total. The van der Waals surface area contributed by atoms with Gasteiger partial charge in [0.2, 0.25) is 5.71 Å². The Labute approximate surface area is 224 Å². The Bertz CT molecular complexity index is 1580. The molecular formula is C31H25IrN3O-2. The molecule has 0 amide bonds. The number of fused-ring (bicyclic) bond motifs is 3. The first-order valence-corrected chi connectivity index (χ1v) is 11.5. The molecule has 5 heteroatoms. The summed E-state index contributed by atoms with van der Waals surface area (Å²) in [7, 11) is 0. The molecule has 181 valence electrons. The number of aromatic nitrogens is 3. The third kappa shape index (κ3) is 5.43. The van der Waals surface area contributed by atoms with Gasteiger partial charge >= 0.3 is 0 Å². The number of pyridine rings is 3. The van der Waals surface area contributed by atoms with Crippen LogP contribution in [0.15, 0.2) is 83.5 Å². The van der Waals surface area contributed by atoms with Crippen molar-refractivity contribution in [3.8, 4) is 22.5 Å². The van der Waals surface area contributed by atoms with Gasteiger partial charge in [0.05, 0.1) is 5.58 Å². The molecule has 0 atom stereocenters. The number of rotatable bonds is 2. The zero-order valence-electron chi connectivity index (χ0n) is 20.6. The average molecular weight is 648 g/mol. The van der Waals surface area contributed by atoms with E-state index >= 15 is 0 Å². The number of benzene rings is 2. The molecular weight excluding hydrogens is 623 g/mol. The molecule has 0 aliphatic heterocycles. The molecule has 4 heterocycles. The third-order valence-electron chi connectivity index (χ3n) is 5.76. The molecule has 4 aromatic heterocycles. The van der Waals surface area contributed by atoms with Gasteiger partial charge in [0.1, 0.15) is 0 Å². The summed E-state index contributed by atoms with van der Waals surface area (Å²) in [6, 6.07) is 28.6. The standard InChI is InChI=1S/C18H13N2O.C13H12N.Ir/c1-11-8-9-19-16(10-11)15-5-3-4-13-14-7-6-12(2)20-18(14)21-17(13)15;1-10-3-6-12(7-4-10)13-8-5-11(2)9-14-13;/h3-4,6-10H,1-2H3;3-6,8-9H,1-2H3;/q2*-1;. The molecule has 6 aromatic rings. The summed E-state index contributed by atoms with van der Waals surface area (Å²) in [6.07, 6.45) is 3.69. The number of hydrogen-bond acceptors (Lipinski definition) is 4. The van der Waals surface area contributed by atoms with Gasteiger partial charge in [-0.1, -0.05) is 41.6 Å². The van der Waals surface area contributed by atoms with Gasteiger partial charge in [0.25, 0.3) is 0 Å². The second kappa shape index (κ2) is 10.9. The van der Waals surface area contributed by atoms with Gasteiger partial charge in [-0.3, -0.25) is 0 Å². The van der Waals surface area contributed by atoms with Gasteiger partial charge in [0, 0.05) is 43.6 Å². The van der Waals surface area contributed by atoms with E-state index in [1.165, 1.54) is 11.1 Å². The van der Waals surface area contributed by atoms with Crippen LogP contribution in [0, 0.1) is 39.8 Å². The Balaban J connectivity index is 0.000000178. The van der Waals surface area contributed by atoms with Crippen molar-refractivity contribution >= 4 is 22.1 Å². The first-order valence-electron chi connectivity index (χ1n) is 11.5. The summed E-state index contributed by atoms with van der Waals surface area (Å²) < 4.78 is 5.98. The van der Waals surface area contributed by atoms with Gasteiger partial charge in [0.15, 0.2) is 0 Å². The first kappa shape index (κ1) is 25.4. The first-order chi connectivity index (χ1) is 17.0. The zero-order valence-corrected chi connectivity index (χ0v) is 23.0. The number of furan rings is 1. The minimum atomic E-state index is 0. The molecule has 0 saturated carbocycles. The van der Waals surface area contributed by atoms with E-state index in [9.17, 15) is 0 Å². The van der Waals surface area contributed by atoms with Crippen molar-refractivity contribution in [3.63, 3.8) is 0 Å². The quantitative estimate of drug-likeness (QED) is 0.182. The summed E-state index contributed by atoms with van der Waals surface area (Å²) in [6.45, 7) is 8.11. The average Bonchev–Trinajstić information content (AvgIpc) is 3.23. The van der Waals surface area contributed by atoms with Gasteiger partial charge in [-0.05, 0) is 55.9 Å². The maximum absolute atomic E-state index is 5.98. The van der Waals surface area contributed by atoms with Crippen LogP contribution in [0.4, 0.5) is 0 Å². The Morgan fingerprint density at radius 1 is 0.722 bits per heavy atom. The Hall–Kier alpha value is -3.66. The molecule has 0 aliphatic carbocycles. The smallest absolute Gasteiger partial charge is 0.216 e. The molecule has 0 saturated heterocycles. The minimum Gasteiger partial charge on any atom is -0.486 e. The van der Waals surface area contributed by atoms with Crippen LogP contribution in [0.5, 0.6) is 0 Å². The predicted molar refractivity (Wildman–Crippen MR) is 141 cm³/mol. The van der Waals surface area contributed by atoms with Crippen molar-refractivity contribution in [2.24, 2.45) is 0 Å². The SMILES string of the molecule is Cc1c[c-]c(-c2ccc(C)cn2)cc1.Cc1ccnc(-c2[c-]ccc3c2oc2nc(C)ccc23)c1.[Ir]. The second-order valence-corrected chi connectivity index (χ2v) is 8.72. The number of nitrogens with zero attached hydrogens (tertiary/aromatic N) is 3. The van der Waals surface area contributed by atoms with Crippen molar-refractivity contribution in [2.45, 2.75) is 27.7 Å². The summed E-state index contributed by atoms with van der Waals surface area (Å²) in [4.78, 5) is 13.2. The third-order valence-corrected chi connectivity index (χ3v) is 5.76. The monoisotopic (exact) mass is 648 g/mol. The maximum Gasteiger partial charge on any atom is 0.216 e. The van der Waals surface area contributed by atoms with Crippen LogP contribution in [0.25, 0.3) is 44.6 Å². The molecule has 0 unspecified atom stereocenters. The van der Waals surface area contributed by atoms with Gasteiger partial charge in [-0.15, -0.1) is 53.6 Å². The fourth-order valence-electron chi connectivity index (χ4n) is 3.87. The molecule has 1 radical (unpaired) electrons. The van der Waals surface area contributed by atoms with Crippen molar-refractivity contribution < 1.29 is 24.5 Å². The second-order valence-electron chi connectivity index (χ2n) is 8.72. The largest absolute Gasteiger partial charge is 0.486 e. The molecule has 0 bridgehead atoms. The minimum absolute atomic E-state index is 0. The van der Waals surface area contributed by atoms with Gasteiger partial charge in [-0.25, -0.2) is 4.98 Å². The predicted octanol–water partition coefficient (Wildman–Crippen LogP) is 7.62. The number of hydrogen-bond donors (Lipinski definition) is 0. The van der Waals surface area contributed by atoms with E-state index in [0.717, 1.165) is 50.1 Å². The fourth-order valence-corrected chi connectivity index (χ4v) is 3.87. The van der Waals surface area contributed by atoms with E-state index in [1.54, 1.807) is 0 Å². The maximum atomic E-state index is 5.98. The molecule has 0 aliphatic rings. The normalized spacial score (nSPS) is 10.6. The Morgan fingerprint density at radius 2 is 1.56 bits per heavy atom. The van der Waals surface area contributed by atoms with E-state index in [4.69, 9.17) is 4.42 Å². The van der Waals surface area contributed by atoms with Crippen LogP contribution in [-0.2, 0) is 20.1 Å². The van der Waals surface area contributed by atoms with Crippen molar-refractivity contribution in [3.05, 3.63) is 114 Å². The van der Waals surface area contributed by atoms with E-state index in [2.05, 4.69) is 59.1 Å². The van der Waals surface area contributed by atoms with Crippen LogP contribution in [-0.4, -0.2) is 15.0 Å². The van der Waals surface area contributed by atoms with Crippen molar-refractivity contribution in [1.82, 2.24) is 15.0 Å². The van der Waals surface area contributed by atoms with Crippen molar-refractivity contribution in [1.29, 1.82) is 0 Å². The molecule has 0 N–H and O–H groups in total. The van der Waals surface area contributed by atoms with E-state index < -0.39 is 0 Å². The van der Waals surface area contributed by atoms with E-state index in [1.807, 2.05) is 74.8 Å². The van der Waals surface area contributed by atoms with Crippen LogP contribution in [0.1, 0.15) is 22.4 Å². The van der Waals surface area contributed by atoms with Gasteiger partial charge in [-0.2, -0.15) is 0 Å². The number of aryl methyl sites for hydroxylation is 4. The summed E-state index contributed by atoms with van der Waals surface area (Å²) in [5.41, 5.74) is 9.76. The van der Waals surface area contributed by atoms with Crippen LogP contribution < -0.4 is 0 Å². The van der Waals surface area contributed by atoms with Crippen LogP contribution >= 0.6 is 0 Å². The van der Waals surface area contributed by atoms with Gasteiger partial charge < -0.3 is 14.4 Å². The van der Waals surface area contributed by atoms with Crippen LogP contribution in [0.2, 0.25) is 0 Å². The molecule has 2 aromatic carbocycles. The Morgan fingerprint density at radius 3 is 2.28 bits per heavy atom. The topological polar surface area (TPSA) is 51.8 Å². The van der Waals surface area contributed by atoms with E-state index in [0.29, 0.717) is 5.71 Å². The summed E-state index contributed by atoms with van der Waals surface area (Å²) in [5.74, 6) is 0. The van der Waals surface area contributed by atoms with Crippen LogP contribution in [0.3, 0.4) is 0 Å². The zero-order chi connectivity index (χ0) is 24.4. The molecule has 36 heavy (non-hydrogen) atoms. The summed E-state index contributed by atoms with van der Waals surface area (Å²) >= 11 is 0. The van der Waals surface area contributed by atoms with E-state index in [-0.39, 0.29) is 20.1 Å². The molecule has 0 fully saturated rings. The molecule has 0 spiro atoms. The fraction of sp³-hybridized carbons (Fsp3) is 0.129.